The Morgan fingerprint density at radius 2 is 1.85 bits per heavy atom. The lowest BCUT2D eigenvalue weighted by molar-refractivity contribution is 0.0143. The number of aliphatic hydroxyl groups excluding tert-OH is 1. The molecule has 1 heterocycles. The van der Waals surface area contributed by atoms with Crippen LogP contribution in [0.5, 0.6) is 0 Å². The van der Waals surface area contributed by atoms with Gasteiger partial charge in [0, 0.05) is 39.8 Å². The van der Waals surface area contributed by atoms with Crippen molar-refractivity contribution in [1.29, 1.82) is 0 Å². The summed E-state index contributed by atoms with van der Waals surface area (Å²) in [6, 6.07) is 0. The van der Waals surface area contributed by atoms with Gasteiger partial charge in [0.25, 0.3) is 0 Å². The predicted molar refractivity (Wildman–Crippen MR) is 78.8 cm³/mol. The molecular weight excluding hydrogens is 258 g/mol. The zero-order chi connectivity index (χ0) is 15.3. The second-order valence-electron chi connectivity index (χ2n) is 6.62. The minimum atomic E-state index is -0.545. The van der Waals surface area contributed by atoms with Gasteiger partial charge in [-0.25, -0.2) is 4.79 Å². The van der Waals surface area contributed by atoms with E-state index in [-0.39, 0.29) is 0 Å². The van der Waals surface area contributed by atoms with Crippen LogP contribution in [-0.4, -0.2) is 91.0 Å². The van der Waals surface area contributed by atoms with E-state index in [1.165, 1.54) is 4.90 Å². The molecule has 6 heteroatoms. The van der Waals surface area contributed by atoms with Crippen LogP contribution >= 0.6 is 0 Å². The Hall–Kier alpha value is -0.850. The highest BCUT2D eigenvalue weighted by atomic mass is 16.6. The lowest BCUT2D eigenvalue weighted by atomic mass is 10.2. The quantitative estimate of drug-likeness (QED) is 0.814. The molecule has 0 bridgehead atoms. The molecule has 0 aromatic heterocycles. The van der Waals surface area contributed by atoms with E-state index in [9.17, 15) is 9.90 Å². The van der Waals surface area contributed by atoms with E-state index >= 15 is 0 Å². The smallest absolute Gasteiger partial charge is 0.410 e. The van der Waals surface area contributed by atoms with Gasteiger partial charge in [-0.2, -0.15) is 0 Å². The molecule has 1 fully saturated rings. The van der Waals surface area contributed by atoms with Crippen LogP contribution in [0.25, 0.3) is 0 Å². The molecular formula is C14H29N3O3. The highest BCUT2D eigenvalue weighted by Gasteiger charge is 2.23. The van der Waals surface area contributed by atoms with Gasteiger partial charge >= 0.3 is 6.09 Å². The molecule has 20 heavy (non-hydrogen) atoms. The van der Waals surface area contributed by atoms with E-state index in [1.807, 2.05) is 20.8 Å². The Labute approximate surface area is 122 Å². The number of carbonyl (C=O) groups excluding carboxylic acids is 1. The van der Waals surface area contributed by atoms with Crippen LogP contribution in [0.15, 0.2) is 0 Å². The molecule has 1 amide bonds. The minimum absolute atomic E-state index is 0.293. The molecule has 1 atom stereocenters. The van der Waals surface area contributed by atoms with Crippen LogP contribution in [0, 0.1) is 0 Å². The fourth-order valence-electron chi connectivity index (χ4n) is 2.12. The monoisotopic (exact) mass is 287 g/mol. The number of aliphatic hydroxyl groups is 1. The number of nitrogens with zero attached hydrogens (tertiary/aromatic N) is 3. The van der Waals surface area contributed by atoms with Gasteiger partial charge in [0.1, 0.15) is 5.60 Å². The fourth-order valence-corrected chi connectivity index (χ4v) is 2.12. The predicted octanol–water partition coefficient (Wildman–Crippen LogP) is 0.462. The largest absolute Gasteiger partial charge is 0.444 e. The molecule has 0 aliphatic carbocycles. The molecule has 0 saturated carbocycles. The van der Waals surface area contributed by atoms with Gasteiger partial charge in [-0.1, -0.05) is 0 Å². The molecule has 0 aromatic rings. The third-order valence-corrected chi connectivity index (χ3v) is 3.25. The maximum atomic E-state index is 11.8. The summed E-state index contributed by atoms with van der Waals surface area (Å²) in [5.41, 5.74) is -0.506. The average molecular weight is 287 g/mol. The van der Waals surface area contributed by atoms with Crippen LogP contribution < -0.4 is 0 Å². The maximum absolute atomic E-state index is 11.8. The van der Waals surface area contributed by atoms with Gasteiger partial charge in [0.15, 0.2) is 0 Å². The normalized spacial score (nSPS) is 19.7. The van der Waals surface area contributed by atoms with Gasteiger partial charge in [-0.05, 0) is 27.8 Å². The zero-order valence-electron chi connectivity index (χ0n) is 13.4. The summed E-state index contributed by atoms with van der Waals surface area (Å²) in [6.07, 6.45) is -0.939. The SMILES string of the molecule is CN1CCN(CC(O)CN(C)C(=O)OC(C)(C)C)CC1. The van der Waals surface area contributed by atoms with Crippen molar-refractivity contribution in [3.8, 4) is 0 Å². The summed E-state index contributed by atoms with van der Waals surface area (Å²) in [6.45, 7) is 10.4. The van der Waals surface area contributed by atoms with Gasteiger partial charge < -0.3 is 19.6 Å². The fraction of sp³-hybridized carbons (Fsp3) is 0.929. The van der Waals surface area contributed by atoms with E-state index in [0.717, 1.165) is 26.2 Å². The van der Waals surface area contributed by atoms with Crippen LogP contribution in [-0.2, 0) is 4.74 Å². The summed E-state index contributed by atoms with van der Waals surface area (Å²) in [4.78, 5) is 17.7. The Balaban J connectivity index is 2.30. The van der Waals surface area contributed by atoms with Crippen molar-refractivity contribution in [2.75, 3.05) is 53.4 Å². The minimum Gasteiger partial charge on any atom is -0.444 e. The van der Waals surface area contributed by atoms with Gasteiger partial charge in [-0.15, -0.1) is 0 Å². The molecule has 1 N–H and O–H groups in total. The third kappa shape index (κ3) is 6.54. The second kappa shape index (κ2) is 7.24. The molecule has 118 valence electrons. The van der Waals surface area contributed by atoms with Crippen molar-refractivity contribution in [3.05, 3.63) is 0 Å². The topological polar surface area (TPSA) is 56.2 Å². The van der Waals surface area contributed by atoms with Crippen LogP contribution in [0.1, 0.15) is 20.8 Å². The summed E-state index contributed by atoms with van der Waals surface area (Å²) in [5.74, 6) is 0. The number of ether oxygens (including phenoxy) is 1. The van der Waals surface area contributed by atoms with E-state index in [2.05, 4.69) is 16.8 Å². The Morgan fingerprint density at radius 3 is 2.35 bits per heavy atom. The molecule has 1 aliphatic heterocycles. The van der Waals surface area contributed by atoms with E-state index in [4.69, 9.17) is 4.74 Å². The Morgan fingerprint density at radius 1 is 1.30 bits per heavy atom. The first-order valence-electron chi connectivity index (χ1n) is 7.20. The molecule has 1 unspecified atom stereocenters. The van der Waals surface area contributed by atoms with Gasteiger partial charge in [0.05, 0.1) is 12.6 Å². The number of rotatable bonds is 4. The summed E-state index contributed by atoms with van der Waals surface area (Å²) < 4.78 is 5.26. The molecule has 1 saturated heterocycles. The molecule has 1 aliphatic rings. The van der Waals surface area contributed by atoms with Gasteiger partial charge in [0.2, 0.25) is 0 Å². The highest BCUT2D eigenvalue weighted by molar-refractivity contribution is 5.67. The number of hydrogen-bond donors (Lipinski definition) is 1. The van der Waals surface area contributed by atoms with Crippen molar-refractivity contribution >= 4 is 6.09 Å². The van der Waals surface area contributed by atoms with E-state index < -0.39 is 17.8 Å². The molecule has 0 radical (unpaired) electrons. The molecule has 1 rings (SSSR count). The standard InChI is InChI=1S/C14H29N3O3/c1-14(2,3)20-13(19)16(5)10-12(18)11-17-8-6-15(4)7-9-17/h12,18H,6-11H2,1-5H3. The number of β-amino-alcohol motifs (C(OH)–C–C–N with tert-alkyl or cyclic N) is 1. The number of likely N-dealkylation sites (N-methyl/N-ethyl adjacent to an activating group) is 2. The average Bonchev–Trinajstić information content (AvgIpc) is 2.29. The molecule has 0 spiro atoms. The highest BCUT2D eigenvalue weighted by Crippen LogP contribution is 2.09. The van der Waals surface area contributed by atoms with Crippen molar-refractivity contribution in [2.45, 2.75) is 32.5 Å². The van der Waals surface area contributed by atoms with Gasteiger partial charge in [-0.3, -0.25) is 4.90 Å². The maximum Gasteiger partial charge on any atom is 0.410 e. The number of carbonyl (C=O) groups is 1. The number of piperazine rings is 1. The van der Waals surface area contributed by atoms with E-state index in [0.29, 0.717) is 13.1 Å². The molecule has 0 aromatic carbocycles. The lowest BCUT2D eigenvalue weighted by Crippen LogP contribution is -2.49. The second-order valence-corrected chi connectivity index (χ2v) is 6.62. The summed E-state index contributed by atoms with van der Waals surface area (Å²) >= 11 is 0. The van der Waals surface area contributed by atoms with Crippen molar-refractivity contribution in [2.24, 2.45) is 0 Å². The molecule has 6 nitrogen and oxygen atoms in total. The summed E-state index contributed by atoms with van der Waals surface area (Å²) in [7, 11) is 3.76. The first-order valence-corrected chi connectivity index (χ1v) is 7.20. The van der Waals surface area contributed by atoms with Crippen LogP contribution in [0.3, 0.4) is 0 Å². The van der Waals surface area contributed by atoms with Crippen LogP contribution in [0.2, 0.25) is 0 Å². The van der Waals surface area contributed by atoms with Crippen LogP contribution in [0.4, 0.5) is 4.79 Å². The zero-order valence-corrected chi connectivity index (χ0v) is 13.4. The third-order valence-electron chi connectivity index (χ3n) is 3.25. The lowest BCUT2D eigenvalue weighted by Gasteiger charge is -2.34. The number of hydrogen-bond acceptors (Lipinski definition) is 5. The number of amides is 1. The first-order chi connectivity index (χ1) is 9.17. The Kier molecular flexibility index (Phi) is 6.23. The van der Waals surface area contributed by atoms with Crippen molar-refractivity contribution in [3.63, 3.8) is 0 Å². The van der Waals surface area contributed by atoms with Crippen molar-refractivity contribution < 1.29 is 14.6 Å². The Bertz CT molecular complexity index is 309. The van der Waals surface area contributed by atoms with E-state index in [1.54, 1.807) is 7.05 Å². The first kappa shape index (κ1) is 17.2. The summed E-state index contributed by atoms with van der Waals surface area (Å²) in [5, 5.41) is 10.1. The van der Waals surface area contributed by atoms with Crippen molar-refractivity contribution in [1.82, 2.24) is 14.7 Å².